The summed E-state index contributed by atoms with van der Waals surface area (Å²) in [4.78, 5) is 37.3. The Balaban J connectivity index is 1.54. The number of carbonyl (C=O) groups is 3. The first kappa shape index (κ1) is 14.8. The molecule has 6 nitrogen and oxygen atoms in total. The average molecular weight is 309 g/mol. The van der Waals surface area contributed by atoms with E-state index >= 15 is 0 Å². The molecule has 1 aliphatic heterocycles. The molecule has 6 heteroatoms. The monoisotopic (exact) mass is 309 g/mol. The Morgan fingerprint density at radius 2 is 1.43 bits per heavy atom. The summed E-state index contributed by atoms with van der Waals surface area (Å²) in [7, 11) is 0. The molecular formula is C17H15N3O3. The lowest BCUT2D eigenvalue weighted by Gasteiger charge is -2.14. The van der Waals surface area contributed by atoms with Crippen LogP contribution in [0.5, 0.6) is 0 Å². The topological polar surface area (TPSA) is 78.5 Å². The van der Waals surface area contributed by atoms with Crippen LogP contribution in [-0.4, -0.2) is 29.2 Å². The summed E-state index contributed by atoms with van der Waals surface area (Å²) in [5.41, 5.74) is 6.84. The van der Waals surface area contributed by atoms with Crippen molar-refractivity contribution in [3.63, 3.8) is 0 Å². The number of benzene rings is 2. The largest absolute Gasteiger partial charge is 0.299 e. The molecule has 0 radical (unpaired) electrons. The van der Waals surface area contributed by atoms with Crippen molar-refractivity contribution in [3.8, 4) is 0 Å². The number of amides is 3. The van der Waals surface area contributed by atoms with Crippen LogP contribution in [0.2, 0.25) is 0 Å². The molecule has 0 spiro atoms. The van der Waals surface area contributed by atoms with Gasteiger partial charge in [0.05, 0.1) is 16.8 Å². The Morgan fingerprint density at radius 3 is 2.04 bits per heavy atom. The van der Waals surface area contributed by atoms with Crippen LogP contribution < -0.4 is 10.9 Å². The highest BCUT2D eigenvalue weighted by atomic mass is 16.2. The van der Waals surface area contributed by atoms with Gasteiger partial charge in [0.25, 0.3) is 11.8 Å². The average Bonchev–Trinajstić information content (AvgIpc) is 2.83. The van der Waals surface area contributed by atoms with Crippen LogP contribution in [0, 0.1) is 0 Å². The number of imide groups is 1. The minimum Gasteiger partial charge on any atom is -0.299 e. The second-order valence-electron chi connectivity index (χ2n) is 5.10. The maximum atomic E-state index is 12.2. The first-order chi connectivity index (χ1) is 11.2. The Kier molecular flexibility index (Phi) is 4.05. The van der Waals surface area contributed by atoms with Crippen LogP contribution in [0.4, 0.5) is 5.69 Å². The van der Waals surface area contributed by atoms with Gasteiger partial charge >= 0.3 is 0 Å². The van der Waals surface area contributed by atoms with Crippen LogP contribution in [0.3, 0.4) is 0 Å². The number of para-hydroxylation sites is 1. The van der Waals surface area contributed by atoms with Gasteiger partial charge in [-0.25, -0.2) is 0 Å². The van der Waals surface area contributed by atoms with Gasteiger partial charge in [0.1, 0.15) is 0 Å². The number of hydrazine groups is 1. The maximum Gasteiger partial charge on any atom is 0.261 e. The number of hydrogen-bond donors (Lipinski definition) is 2. The van der Waals surface area contributed by atoms with E-state index in [0.717, 1.165) is 10.6 Å². The smallest absolute Gasteiger partial charge is 0.261 e. The normalized spacial score (nSPS) is 13.0. The van der Waals surface area contributed by atoms with Crippen molar-refractivity contribution in [2.45, 2.75) is 6.42 Å². The molecule has 0 aromatic heterocycles. The zero-order valence-electron chi connectivity index (χ0n) is 12.3. The van der Waals surface area contributed by atoms with Crippen LogP contribution in [0.25, 0.3) is 0 Å². The standard InChI is InChI=1S/C17H15N3O3/c21-15(19-18-12-6-2-1-3-7-12)10-11-20-16(22)13-8-4-5-9-14(13)17(20)23/h1-9,18H,10-11H2,(H,19,21). The minimum atomic E-state index is -0.352. The zero-order valence-corrected chi connectivity index (χ0v) is 12.3. The van der Waals surface area contributed by atoms with E-state index in [0.29, 0.717) is 11.1 Å². The van der Waals surface area contributed by atoms with E-state index in [9.17, 15) is 14.4 Å². The van der Waals surface area contributed by atoms with E-state index in [2.05, 4.69) is 10.9 Å². The van der Waals surface area contributed by atoms with Crippen molar-refractivity contribution in [2.24, 2.45) is 0 Å². The second kappa shape index (κ2) is 6.31. The van der Waals surface area contributed by atoms with Crippen LogP contribution in [0.1, 0.15) is 27.1 Å². The molecule has 3 rings (SSSR count). The maximum absolute atomic E-state index is 12.2. The third-order valence-electron chi connectivity index (χ3n) is 3.56. The van der Waals surface area contributed by atoms with Gasteiger partial charge in [-0.1, -0.05) is 30.3 Å². The van der Waals surface area contributed by atoms with Crippen molar-refractivity contribution in [2.75, 3.05) is 12.0 Å². The van der Waals surface area contributed by atoms with Gasteiger partial charge in [0.15, 0.2) is 0 Å². The van der Waals surface area contributed by atoms with Gasteiger partial charge in [0, 0.05) is 13.0 Å². The molecule has 0 fully saturated rings. The molecule has 0 bridgehead atoms. The molecule has 0 aliphatic carbocycles. The van der Waals surface area contributed by atoms with Gasteiger partial charge in [-0.05, 0) is 24.3 Å². The summed E-state index contributed by atoms with van der Waals surface area (Å²) in [5, 5.41) is 0. The van der Waals surface area contributed by atoms with E-state index < -0.39 is 0 Å². The third kappa shape index (κ3) is 3.06. The lowest BCUT2D eigenvalue weighted by Crippen LogP contribution is -2.36. The highest BCUT2D eigenvalue weighted by Gasteiger charge is 2.34. The quantitative estimate of drug-likeness (QED) is 0.652. The van der Waals surface area contributed by atoms with Crippen molar-refractivity contribution in [3.05, 3.63) is 65.7 Å². The lowest BCUT2D eigenvalue weighted by molar-refractivity contribution is -0.120. The Bertz CT molecular complexity index is 724. The molecule has 3 amide bonds. The molecular weight excluding hydrogens is 294 g/mol. The van der Waals surface area contributed by atoms with Crippen molar-refractivity contribution >= 4 is 23.4 Å². The summed E-state index contributed by atoms with van der Waals surface area (Å²) >= 11 is 0. The molecule has 0 saturated carbocycles. The van der Waals surface area contributed by atoms with Gasteiger partial charge in [-0.2, -0.15) is 0 Å². The summed E-state index contributed by atoms with van der Waals surface area (Å²) in [6.45, 7) is 0.0502. The number of nitrogens with one attached hydrogen (secondary N) is 2. The van der Waals surface area contributed by atoms with Gasteiger partial charge in [-0.3, -0.25) is 30.1 Å². The Hall–Kier alpha value is -3.15. The fourth-order valence-corrected chi connectivity index (χ4v) is 2.38. The van der Waals surface area contributed by atoms with Crippen molar-refractivity contribution < 1.29 is 14.4 Å². The number of hydrogen-bond acceptors (Lipinski definition) is 4. The summed E-state index contributed by atoms with van der Waals surface area (Å²) in [6, 6.07) is 15.8. The van der Waals surface area contributed by atoms with Crippen molar-refractivity contribution in [1.29, 1.82) is 0 Å². The van der Waals surface area contributed by atoms with Crippen molar-refractivity contribution in [1.82, 2.24) is 10.3 Å². The Labute approximate surface area is 133 Å². The van der Waals surface area contributed by atoms with E-state index in [-0.39, 0.29) is 30.7 Å². The first-order valence-corrected chi connectivity index (χ1v) is 7.22. The molecule has 2 aromatic rings. The van der Waals surface area contributed by atoms with E-state index in [1.807, 2.05) is 30.3 Å². The molecule has 0 atom stereocenters. The zero-order chi connectivity index (χ0) is 16.2. The van der Waals surface area contributed by atoms with Crippen LogP contribution >= 0.6 is 0 Å². The van der Waals surface area contributed by atoms with E-state index in [1.165, 1.54) is 0 Å². The van der Waals surface area contributed by atoms with Gasteiger partial charge < -0.3 is 0 Å². The van der Waals surface area contributed by atoms with Crippen LogP contribution in [-0.2, 0) is 4.79 Å². The molecule has 0 saturated heterocycles. The number of carbonyl (C=O) groups excluding carboxylic acids is 3. The number of fused-ring (bicyclic) bond motifs is 1. The number of rotatable bonds is 5. The molecule has 0 unspecified atom stereocenters. The van der Waals surface area contributed by atoms with E-state index in [4.69, 9.17) is 0 Å². The number of anilines is 1. The molecule has 23 heavy (non-hydrogen) atoms. The molecule has 2 N–H and O–H groups in total. The molecule has 116 valence electrons. The third-order valence-corrected chi connectivity index (χ3v) is 3.56. The first-order valence-electron chi connectivity index (χ1n) is 7.22. The van der Waals surface area contributed by atoms with E-state index in [1.54, 1.807) is 24.3 Å². The van der Waals surface area contributed by atoms with Gasteiger partial charge in [0.2, 0.25) is 5.91 Å². The SMILES string of the molecule is O=C(CCN1C(=O)c2ccccc2C1=O)NNc1ccccc1. The molecule has 1 aliphatic rings. The highest BCUT2D eigenvalue weighted by molar-refractivity contribution is 6.21. The number of nitrogens with zero attached hydrogens (tertiary/aromatic N) is 1. The van der Waals surface area contributed by atoms with Gasteiger partial charge in [-0.15, -0.1) is 0 Å². The summed E-state index contributed by atoms with van der Waals surface area (Å²) in [6.07, 6.45) is 0.0330. The molecule has 2 aromatic carbocycles. The predicted octanol–water partition coefficient (Wildman–Crippen LogP) is 1.82. The summed E-state index contributed by atoms with van der Waals surface area (Å²) < 4.78 is 0. The lowest BCUT2D eigenvalue weighted by atomic mass is 10.1. The Morgan fingerprint density at radius 1 is 0.870 bits per heavy atom. The fraction of sp³-hybridized carbons (Fsp3) is 0.118. The molecule has 1 heterocycles. The summed E-state index contributed by atoms with van der Waals surface area (Å²) in [5.74, 6) is -1.01. The minimum absolute atomic E-state index is 0.0330. The fourth-order valence-electron chi connectivity index (χ4n) is 2.38. The highest BCUT2D eigenvalue weighted by Crippen LogP contribution is 2.22. The van der Waals surface area contributed by atoms with Crippen LogP contribution in [0.15, 0.2) is 54.6 Å². The second-order valence-corrected chi connectivity index (χ2v) is 5.10. The predicted molar refractivity (Wildman–Crippen MR) is 84.6 cm³/mol.